The van der Waals surface area contributed by atoms with Crippen LogP contribution in [0.5, 0.6) is 0 Å². The number of fused-ring (bicyclic) bond motifs is 1. The number of nitriles is 2. The zero-order chi connectivity index (χ0) is 17.9. The van der Waals surface area contributed by atoms with Crippen molar-refractivity contribution >= 4 is 16.5 Å². The molecular weight excluding hydrogens is 320 g/mol. The molecule has 4 heteroatoms. The average Bonchev–Trinajstić information content (AvgIpc) is 3.15. The van der Waals surface area contributed by atoms with Crippen LogP contribution in [0.25, 0.3) is 10.8 Å². The Balaban J connectivity index is 1.68. The van der Waals surface area contributed by atoms with Crippen molar-refractivity contribution in [2.45, 2.75) is 13.0 Å². The molecule has 1 saturated heterocycles. The predicted octanol–water partition coefficient (Wildman–Crippen LogP) is 4.21. The van der Waals surface area contributed by atoms with E-state index in [2.05, 4.69) is 34.3 Å². The molecule has 0 radical (unpaired) electrons. The number of hydrogen-bond donors (Lipinski definition) is 0. The van der Waals surface area contributed by atoms with Crippen LogP contribution in [0.4, 0.5) is 5.69 Å². The maximum atomic E-state index is 9.38. The molecule has 1 aliphatic rings. The predicted molar refractivity (Wildman–Crippen MR) is 102 cm³/mol. The lowest BCUT2D eigenvalue weighted by atomic mass is 10.0. The summed E-state index contributed by atoms with van der Waals surface area (Å²) >= 11 is 0. The van der Waals surface area contributed by atoms with Gasteiger partial charge >= 0.3 is 0 Å². The van der Waals surface area contributed by atoms with Gasteiger partial charge in [0.25, 0.3) is 0 Å². The van der Waals surface area contributed by atoms with Gasteiger partial charge in [-0.3, -0.25) is 0 Å². The van der Waals surface area contributed by atoms with Crippen molar-refractivity contribution < 1.29 is 0 Å². The van der Waals surface area contributed by atoms with E-state index >= 15 is 0 Å². The molecule has 3 aromatic carbocycles. The first-order chi connectivity index (χ1) is 12.8. The van der Waals surface area contributed by atoms with Crippen LogP contribution in [0.3, 0.4) is 0 Å². The second-order valence-electron chi connectivity index (χ2n) is 6.46. The number of nitrogens with zero attached hydrogens (tertiary/aromatic N) is 4. The molecule has 126 valence electrons. The monoisotopic (exact) mass is 338 g/mol. The van der Waals surface area contributed by atoms with Gasteiger partial charge in [0.05, 0.1) is 29.0 Å². The van der Waals surface area contributed by atoms with Crippen molar-refractivity contribution in [3.05, 3.63) is 77.4 Å². The zero-order valence-corrected chi connectivity index (χ0v) is 14.4. The fraction of sp³-hybridized carbons (Fsp3) is 0.182. The highest BCUT2D eigenvalue weighted by Crippen LogP contribution is 2.32. The van der Waals surface area contributed by atoms with Gasteiger partial charge in [-0.25, -0.2) is 5.01 Å². The Bertz CT molecular complexity index is 1020. The van der Waals surface area contributed by atoms with Crippen LogP contribution in [-0.4, -0.2) is 18.1 Å². The summed E-state index contributed by atoms with van der Waals surface area (Å²) in [6.07, 6.45) is 1.10. The van der Waals surface area contributed by atoms with Crippen molar-refractivity contribution in [1.29, 1.82) is 10.5 Å². The van der Waals surface area contributed by atoms with E-state index in [9.17, 15) is 5.26 Å². The average molecular weight is 338 g/mol. The number of rotatable bonds is 3. The lowest BCUT2D eigenvalue weighted by Crippen LogP contribution is -2.36. The second-order valence-corrected chi connectivity index (χ2v) is 6.46. The molecule has 0 saturated carbocycles. The Morgan fingerprint density at radius 2 is 1.58 bits per heavy atom. The van der Waals surface area contributed by atoms with E-state index in [1.54, 1.807) is 0 Å². The molecule has 0 unspecified atom stereocenters. The van der Waals surface area contributed by atoms with Crippen LogP contribution in [0.1, 0.15) is 23.1 Å². The minimum Gasteiger partial charge on any atom is -0.305 e. The fourth-order valence-corrected chi connectivity index (χ4v) is 3.60. The number of anilines is 1. The molecule has 0 aromatic heterocycles. The van der Waals surface area contributed by atoms with E-state index in [1.807, 2.05) is 48.5 Å². The van der Waals surface area contributed by atoms with E-state index in [-0.39, 0.29) is 0 Å². The normalized spacial score (nSPS) is 14.3. The maximum absolute atomic E-state index is 9.38. The fourth-order valence-electron chi connectivity index (χ4n) is 3.60. The second kappa shape index (κ2) is 6.88. The van der Waals surface area contributed by atoms with Crippen molar-refractivity contribution in [2.75, 3.05) is 18.1 Å². The quantitative estimate of drug-likeness (QED) is 0.718. The van der Waals surface area contributed by atoms with Crippen LogP contribution in [0.2, 0.25) is 0 Å². The molecule has 1 heterocycles. The number of hydrazine groups is 1. The summed E-state index contributed by atoms with van der Waals surface area (Å²) in [6, 6.07) is 24.3. The third-order valence-electron chi connectivity index (χ3n) is 4.88. The summed E-state index contributed by atoms with van der Waals surface area (Å²) in [5, 5.41) is 25.1. The van der Waals surface area contributed by atoms with Crippen LogP contribution in [0, 0.1) is 22.7 Å². The minimum absolute atomic E-state index is 0.685. The van der Waals surface area contributed by atoms with Crippen LogP contribution in [0.15, 0.2) is 60.7 Å². The highest BCUT2D eigenvalue weighted by Gasteiger charge is 2.24. The molecular formula is C22H18N4. The summed E-state index contributed by atoms with van der Waals surface area (Å²) in [6.45, 7) is 2.76. The molecule has 0 aliphatic carbocycles. The van der Waals surface area contributed by atoms with Crippen LogP contribution < -0.4 is 5.01 Å². The molecule has 1 aliphatic heterocycles. The standard InChI is InChI=1S/C22H18N4/c23-14-17-6-8-18(9-7-17)16-25-12-3-13-26(25)22-11-10-19(15-24)20-4-1-2-5-21(20)22/h1-2,4-11H,3,12-13,16H2. The molecule has 0 N–H and O–H groups in total. The lowest BCUT2D eigenvalue weighted by molar-refractivity contribution is 0.304. The molecule has 0 spiro atoms. The van der Waals surface area contributed by atoms with E-state index < -0.39 is 0 Å². The van der Waals surface area contributed by atoms with Crippen molar-refractivity contribution in [3.8, 4) is 12.1 Å². The summed E-state index contributed by atoms with van der Waals surface area (Å²) < 4.78 is 0. The highest BCUT2D eigenvalue weighted by atomic mass is 15.6. The topological polar surface area (TPSA) is 54.1 Å². The van der Waals surface area contributed by atoms with Gasteiger partial charge in [-0.1, -0.05) is 36.4 Å². The van der Waals surface area contributed by atoms with Gasteiger partial charge < -0.3 is 5.01 Å². The first-order valence-corrected chi connectivity index (χ1v) is 8.73. The summed E-state index contributed by atoms with van der Waals surface area (Å²) in [7, 11) is 0. The largest absolute Gasteiger partial charge is 0.305 e. The molecule has 0 atom stereocenters. The Labute approximate surface area is 153 Å². The van der Waals surface area contributed by atoms with Gasteiger partial charge in [0.2, 0.25) is 0 Å². The maximum Gasteiger partial charge on any atom is 0.0998 e. The Morgan fingerprint density at radius 1 is 0.808 bits per heavy atom. The van der Waals surface area contributed by atoms with E-state index in [1.165, 1.54) is 5.56 Å². The highest BCUT2D eigenvalue weighted by molar-refractivity contribution is 5.97. The van der Waals surface area contributed by atoms with E-state index in [0.717, 1.165) is 42.5 Å². The first-order valence-electron chi connectivity index (χ1n) is 8.73. The Hall–Kier alpha value is -3.34. The molecule has 26 heavy (non-hydrogen) atoms. The van der Waals surface area contributed by atoms with Gasteiger partial charge in [0.15, 0.2) is 0 Å². The van der Waals surface area contributed by atoms with Gasteiger partial charge in [-0.2, -0.15) is 10.5 Å². The van der Waals surface area contributed by atoms with Gasteiger partial charge in [0.1, 0.15) is 0 Å². The van der Waals surface area contributed by atoms with Gasteiger partial charge in [-0.05, 0) is 36.2 Å². The molecule has 3 aromatic rings. The van der Waals surface area contributed by atoms with Gasteiger partial charge in [0, 0.05) is 30.4 Å². The van der Waals surface area contributed by atoms with Crippen molar-refractivity contribution in [1.82, 2.24) is 5.01 Å². The Kier molecular flexibility index (Phi) is 4.27. The zero-order valence-electron chi connectivity index (χ0n) is 14.4. The van der Waals surface area contributed by atoms with E-state index in [4.69, 9.17) is 5.26 Å². The summed E-state index contributed by atoms with van der Waals surface area (Å²) in [5.74, 6) is 0. The SMILES string of the molecule is N#Cc1ccc(CN2CCCN2c2ccc(C#N)c3ccccc23)cc1. The molecule has 4 rings (SSSR count). The first kappa shape index (κ1) is 16.1. The van der Waals surface area contributed by atoms with Gasteiger partial charge in [-0.15, -0.1) is 0 Å². The summed E-state index contributed by atoms with van der Waals surface area (Å²) in [5.41, 5.74) is 3.73. The van der Waals surface area contributed by atoms with Crippen LogP contribution in [-0.2, 0) is 6.54 Å². The molecule has 0 amide bonds. The van der Waals surface area contributed by atoms with Crippen molar-refractivity contribution in [3.63, 3.8) is 0 Å². The molecule has 0 bridgehead atoms. The van der Waals surface area contributed by atoms with Crippen LogP contribution >= 0.6 is 0 Å². The number of benzene rings is 3. The Morgan fingerprint density at radius 3 is 2.31 bits per heavy atom. The minimum atomic E-state index is 0.685. The third kappa shape index (κ3) is 2.88. The lowest BCUT2D eigenvalue weighted by Gasteiger charge is -2.31. The smallest absolute Gasteiger partial charge is 0.0998 e. The molecule has 1 fully saturated rings. The van der Waals surface area contributed by atoms with Crippen molar-refractivity contribution in [2.24, 2.45) is 0 Å². The van der Waals surface area contributed by atoms with E-state index in [0.29, 0.717) is 11.1 Å². The molecule has 4 nitrogen and oxygen atoms in total. The summed E-state index contributed by atoms with van der Waals surface area (Å²) in [4.78, 5) is 0. The third-order valence-corrected chi connectivity index (χ3v) is 4.88. The number of hydrogen-bond acceptors (Lipinski definition) is 4.